The molecule has 0 bridgehead atoms. The fraction of sp³-hybridized carbons (Fsp3) is 0.409. The lowest BCUT2D eigenvalue weighted by atomic mass is 9.66. The van der Waals surface area contributed by atoms with Crippen molar-refractivity contribution in [3.8, 4) is 0 Å². The van der Waals surface area contributed by atoms with Gasteiger partial charge in [0.15, 0.2) is 17.7 Å². The molecule has 3 rings (SSSR count). The van der Waals surface area contributed by atoms with Crippen LogP contribution in [0.15, 0.2) is 35.4 Å². The highest BCUT2D eigenvalue weighted by atomic mass is 16.5. The minimum absolute atomic E-state index is 0.0523. The van der Waals surface area contributed by atoms with Crippen LogP contribution in [0.3, 0.4) is 0 Å². The van der Waals surface area contributed by atoms with Gasteiger partial charge in [-0.3, -0.25) is 19.2 Å². The third-order valence-corrected chi connectivity index (χ3v) is 5.26. The van der Waals surface area contributed by atoms with Crippen LogP contribution < -0.4 is 0 Å². The third-order valence-electron chi connectivity index (χ3n) is 5.26. The zero-order valence-corrected chi connectivity index (χ0v) is 16.7. The summed E-state index contributed by atoms with van der Waals surface area (Å²) in [6.45, 7) is 4.78. The number of carbonyl (C=O) groups is 5. The molecule has 29 heavy (non-hydrogen) atoms. The van der Waals surface area contributed by atoms with E-state index in [4.69, 9.17) is 9.47 Å². The van der Waals surface area contributed by atoms with Crippen LogP contribution in [0.4, 0.5) is 0 Å². The van der Waals surface area contributed by atoms with Gasteiger partial charge in [-0.15, -0.1) is 0 Å². The topological polar surface area (TPSA) is 104 Å². The summed E-state index contributed by atoms with van der Waals surface area (Å²) >= 11 is 0. The van der Waals surface area contributed by atoms with Crippen molar-refractivity contribution in [2.45, 2.75) is 39.7 Å². The molecule has 1 aromatic carbocycles. The van der Waals surface area contributed by atoms with Gasteiger partial charge in [0, 0.05) is 35.6 Å². The van der Waals surface area contributed by atoms with E-state index >= 15 is 0 Å². The van der Waals surface area contributed by atoms with Crippen molar-refractivity contribution in [3.63, 3.8) is 0 Å². The van der Waals surface area contributed by atoms with Gasteiger partial charge in [-0.1, -0.05) is 38.1 Å². The first-order valence-electron chi connectivity index (χ1n) is 9.26. The molecule has 0 aliphatic heterocycles. The first kappa shape index (κ1) is 20.6. The molecule has 0 heterocycles. The summed E-state index contributed by atoms with van der Waals surface area (Å²) in [5.41, 5.74) is -0.281. The Kier molecular flexibility index (Phi) is 5.26. The Hall–Kier alpha value is -3.09. The molecule has 2 aliphatic carbocycles. The van der Waals surface area contributed by atoms with Crippen LogP contribution in [0.25, 0.3) is 0 Å². The monoisotopic (exact) mass is 398 g/mol. The van der Waals surface area contributed by atoms with Crippen molar-refractivity contribution >= 4 is 29.3 Å². The highest BCUT2D eigenvalue weighted by molar-refractivity contribution is 6.22. The lowest BCUT2D eigenvalue weighted by Crippen LogP contribution is -2.47. The maximum Gasteiger partial charge on any atom is 0.334 e. The molecule has 2 atom stereocenters. The predicted molar refractivity (Wildman–Crippen MR) is 101 cm³/mol. The van der Waals surface area contributed by atoms with E-state index < -0.39 is 46.7 Å². The Morgan fingerprint density at radius 2 is 1.59 bits per heavy atom. The number of hydrogen-bond donors (Lipinski definition) is 0. The van der Waals surface area contributed by atoms with Gasteiger partial charge in [0.05, 0.1) is 13.0 Å². The van der Waals surface area contributed by atoms with E-state index in [1.807, 2.05) is 13.8 Å². The average molecular weight is 398 g/mol. The molecule has 0 aromatic heterocycles. The second-order valence-electron chi connectivity index (χ2n) is 8.11. The number of esters is 2. The van der Waals surface area contributed by atoms with Crippen LogP contribution in [0.1, 0.15) is 54.3 Å². The van der Waals surface area contributed by atoms with E-state index in [1.165, 1.54) is 19.2 Å². The molecule has 7 heteroatoms. The molecule has 0 radical (unpaired) electrons. The van der Waals surface area contributed by atoms with E-state index in [0.717, 1.165) is 6.92 Å². The first-order chi connectivity index (χ1) is 13.6. The molecule has 0 unspecified atom stereocenters. The van der Waals surface area contributed by atoms with Crippen LogP contribution in [0.5, 0.6) is 0 Å². The minimum Gasteiger partial charge on any atom is -0.466 e. The van der Waals surface area contributed by atoms with Crippen molar-refractivity contribution in [1.29, 1.82) is 0 Å². The summed E-state index contributed by atoms with van der Waals surface area (Å²) in [7, 11) is 1.19. The zero-order valence-electron chi connectivity index (χ0n) is 16.7. The second kappa shape index (κ2) is 7.39. The zero-order chi connectivity index (χ0) is 21.5. The van der Waals surface area contributed by atoms with Crippen molar-refractivity contribution < 1.29 is 33.4 Å². The van der Waals surface area contributed by atoms with E-state index in [0.29, 0.717) is 0 Å². The Morgan fingerprint density at radius 3 is 2.14 bits per heavy atom. The smallest absolute Gasteiger partial charge is 0.334 e. The molecule has 0 N–H and O–H groups in total. The second-order valence-corrected chi connectivity index (χ2v) is 8.11. The SMILES string of the molecule is COC(=O)C1=C([C@@H]2C(=O)c3ccccc3C(=O)[C@@H]2OC(C)=O)C(=O)CC(C)(C)C1. The van der Waals surface area contributed by atoms with Crippen molar-refractivity contribution in [3.05, 3.63) is 46.5 Å². The van der Waals surface area contributed by atoms with Gasteiger partial charge in [0.25, 0.3) is 0 Å². The summed E-state index contributed by atoms with van der Waals surface area (Å²) in [6.07, 6.45) is -1.21. The van der Waals surface area contributed by atoms with Crippen LogP contribution >= 0.6 is 0 Å². The summed E-state index contributed by atoms with van der Waals surface area (Å²) in [5.74, 6) is -4.40. The molecule has 0 fully saturated rings. The predicted octanol–water partition coefficient (Wildman–Crippen LogP) is 2.47. The number of ketones is 3. The van der Waals surface area contributed by atoms with Crippen molar-refractivity contribution in [2.24, 2.45) is 11.3 Å². The molecular formula is C22H22O7. The van der Waals surface area contributed by atoms with Gasteiger partial charge in [-0.2, -0.15) is 0 Å². The number of rotatable bonds is 3. The molecule has 2 aliphatic rings. The average Bonchev–Trinajstić information content (AvgIpc) is 2.65. The number of Topliss-reactive ketones (excluding diaryl/α,β-unsaturated/α-hetero) is 3. The largest absolute Gasteiger partial charge is 0.466 e. The van der Waals surface area contributed by atoms with Crippen LogP contribution in [0, 0.1) is 11.3 Å². The number of ether oxygens (including phenoxy) is 2. The summed E-state index contributed by atoms with van der Waals surface area (Å²) in [5, 5.41) is 0. The minimum atomic E-state index is -1.50. The fourth-order valence-corrected chi connectivity index (χ4v) is 4.11. The molecule has 1 aromatic rings. The normalized spacial score (nSPS) is 23.5. The lowest BCUT2D eigenvalue weighted by molar-refractivity contribution is -0.145. The van der Waals surface area contributed by atoms with Gasteiger partial charge in [-0.05, 0) is 11.8 Å². The highest BCUT2D eigenvalue weighted by Crippen LogP contribution is 2.43. The molecule has 0 saturated heterocycles. The van der Waals surface area contributed by atoms with Gasteiger partial charge in [-0.25, -0.2) is 4.79 Å². The summed E-state index contributed by atoms with van der Waals surface area (Å²) < 4.78 is 10.1. The van der Waals surface area contributed by atoms with Gasteiger partial charge < -0.3 is 9.47 Å². The number of benzene rings is 1. The summed E-state index contributed by atoms with van der Waals surface area (Å²) in [4.78, 5) is 63.6. The van der Waals surface area contributed by atoms with Crippen molar-refractivity contribution in [2.75, 3.05) is 7.11 Å². The highest BCUT2D eigenvalue weighted by Gasteiger charge is 2.50. The quantitative estimate of drug-likeness (QED) is 0.721. The molecule has 152 valence electrons. The Balaban J connectivity index is 2.26. The molecular weight excluding hydrogens is 376 g/mol. The van der Waals surface area contributed by atoms with Gasteiger partial charge in [0.1, 0.15) is 0 Å². The van der Waals surface area contributed by atoms with Crippen LogP contribution in [-0.4, -0.2) is 42.5 Å². The van der Waals surface area contributed by atoms with E-state index in [9.17, 15) is 24.0 Å². The summed E-state index contributed by atoms with van der Waals surface area (Å²) in [6, 6.07) is 6.17. The van der Waals surface area contributed by atoms with E-state index in [-0.39, 0.29) is 35.1 Å². The van der Waals surface area contributed by atoms with E-state index in [2.05, 4.69) is 0 Å². The van der Waals surface area contributed by atoms with Gasteiger partial charge >= 0.3 is 11.9 Å². The standard InChI is InChI=1S/C22H22O7/c1-11(23)29-20-17(18(25)12-7-5-6-8-13(12)19(20)26)16-14(21(27)28-4)9-22(2,3)10-15(16)24/h5-8,17,20H,9-10H2,1-4H3/t17-,20-/m1/s1. The maximum absolute atomic E-state index is 13.3. The molecule has 7 nitrogen and oxygen atoms in total. The molecule has 0 saturated carbocycles. The Bertz CT molecular complexity index is 967. The Morgan fingerprint density at radius 1 is 1.00 bits per heavy atom. The van der Waals surface area contributed by atoms with Gasteiger partial charge in [0.2, 0.25) is 5.78 Å². The van der Waals surface area contributed by atoms with Crippen molar-refractivity contribution in [1.82, 2.24) is 0 Å². The lowest BCUT2D eigenvalue weighted by Gasteiger charge is -2.37. The number of hydrogen-bond acceptors (Lipinski definition) is 7. The molecule has 0 spiro atoms. The third kappa shape index (κ3) is 3.64. The van der Waals surface area contributed by atoms with E-state index in [1.54, 1.807) is 12.1 Å². The first-order valence-corrected chi connectivity index (χ1v) is 9.26. The number of methoxy groups -OCH3 is 1. The number of carbonyl (C=O) groups excluding carboxylic acids is 5. The fourth-order valence-electron chi connectivity index (χ4n) is 4.11. The Labute approximate surface area is 168 Å². The maximum atomic E-state index is 13.3. The van der Waals surface area contributed by atoms with Crippen LogP contribution in [0.2, 0.25) is 0 Å². The number of fused-ring (bicyclic) bond motifs is 1. The van der Waals surface area contributed by atoms with Crippen LogP contribution in [-0.2, 0) is 23.9 Å². The molecule has 0 amide bonds.